The Balaban J connectivity index is 0.000000271. The van der Waals surface area contributed by atoms with Crippen molar-refractivity contribution in [1.29, 1.82) is 0 Å². The molecule has 0 aliphatic carbocycles. The van der Waals surface area contributed by atoms with Gasteiger partial charge in [0, 0.05) is 38.9 Å². The number of carboxylic acids is 2. The van der Waals surface area contributed by atoms with Crippen LogP contribution in [0, 0.1) is 11.8 Å². The fourth-order valence-electron chi connectivity index (χ4n) is 3.66. The molecule has 9 nitrogen and oxygen atoms in total. The molecule has 0 saturated carbocycles. The summed E-state index contributed by atoms with van der Waals surface area (Å²) in [6.07, 6.45) is -6.77. The van der Waals surface area contributed by atoms with Crippen molar-refractivity contribution in [3.63, 3.8) is 0 Å². The van der Waals surface area contributed by atoms with E-state index >= 15 is 0 Å². The van der Waals surface area contributed by atoms with Crippen LogP contribution >= 0.6 is 0 Å². The summed E-state index contributed by atoms with van der Waals surface area (Å²) in [5.74, 6) is -3.90. The van der Waals surface area contributed by atoms with Crippen molar-refractivity contribution < 1.29 is 55.4 Å². The van der Waals surface area contributed by atoms with Crippen molar-refractivity contribution in [1.82, 2.24) is 14.8 Å². The normalized spacial score (nSPS) is 19.4. The van der Waals surface area contributed by atoms with E-state index in [9.17, 15) is 31.1 Å². The average Bonchev–Trinajstić information content (AvgIpc) is 3.50. The summed E-state index contributed by atoms with van der Waals surface area (Å²) < 4.78 is 68.7. The van der Waals surface area contributed by atoms with Crippen LogP contribution < -0.4 is 0 Å². The summed E-state index contributed by atoms with van der Waals surface area (Å²) in [5, 5.41) is 14.2. The quantitative estimate of drug-likeness (QED) is 0.586. The zero-order valence-electron chi connectivity index (χ0n) is 18.4. The zero-order chi connectivity index (χ0) is 27.1. The van der Waals surface area contributed by atoms with Gasteiger partial charge in [-0.05, 0) is 36.1 Å². The lowest BCUT2D eigenvalue weighted by Crippen LogP contribution is -2.33. The molecule has 2 N–H and O–H groups in total. The molecule has 4 heterocycles. The third kappa shape index (κ3) is 8.55. The van der Waals surface area contributed by atoms with Crippen LogP contribution in [0.25, 0.3) is 0 Å². The Bertz CT molecular complexity index is 975. The number of nitrogens with zero attached hydrogens (tertiary/aromatic N) is 3. The van der Waals surface area contributed by atoms with Gasteiger partial charge in [0.15, 0.2) is 5.76 Å². The van der Waals surface area contributed by atoms with E-state index in [2.05, 4.69) is 16.0 Å². The number of furan rings is 1. The number of carbonyl (C=O) groups excluding carboxylic acids is 1. The Labute approximate surface area is 199 Å². The number of pyridine rings is 1. The van der Waals surface area contributed by atoms with E-state index in [0.29, 0.717) is 17.6 Å². The molecule has 0 radical (unpaired) electrons. The number of fused-ring (bicyclic) bond motifs is 1. The molecule has 198 valence electrons. The van der Waals surface area contributed by atoms with Crippen LogP contribution in [-0.2, 0) is 16.1 Å². The minimum absolute atomic E-state index is 0.0238. The van der Waals surface area contributed by atoms with Gasteiger partial charge >= 0.3 is 24.3 Å². The number of amides is 1. The Morgan fingerprint density at radius 3 is 1.81 bits per heavy atom. The fourth-order valence-corrected chi connectivity index (χ4v) is 3.66. The van der Waals surface area contributed by atoms with Gasteiger partial charge in [0.25, 0.3) is 5.91 Å². The number of alkyl halides is 6. The second-order valence-electron chi connectivity index (χ2n) is 7.83. The second-order valence-corrected chi connectivity index (χ2v) is 7.83. The van der Waals surface area contributed by atoms with Crippen molar-refractivity contribution in [3.8, 4) is 0 Å². The lowest BCUT2D eigenvalue weighted by atomic mass is 10.0. The first-order valence-electron chi connectivity index (χ1n) is 10.2. The highest BCUT2D eigenvalue weighted by Crippen LogP contribution is 2.32. The van der Waals surface area contributed by atoms with Crippen molar-refractivity contribution in [2.24, 2.45) is 11.8 Å². The van der Waals surface area contributed by atoms with Gasteiger partial charge in [0.1, 0.15) is 0 Å². The molecular formula is C21H21F6N3O6. The van der Waals surface area contributed by atoms with Crippen LogP contribution in [0.5, 0.6) is 0 Å². The van der Waals surface area contributed by atoms with Gasteiger partial charge in [-0.2, -0.15) is 26.3 Å². The molecule has 2 aromatic heterocycles. The van der Waals surface area contributed by atoms with Gasteiger partial charge in [-0.3, -0.25) is 14.7 Å². The summed E-state index contributed by atoms with van der Waals surface area (Å²) in [4.78, 5) is 38.9. The van der Waals surface area contributed by atoms with Crippen molar-refractivity contribution in [3.05, 3.63) is 54.2 Å². The summed E-state index contributed by atoms with van der Waals surface area (Å²) in [5.41, 5.74) is 1.12. The first-order valence-corrected chi connectivity index (χ1v) is 10.2. The van der Waals surface area contributed by atoms with E-state index in [-0.39, 0.29) is 5.91 Å². The smallest absolute Gasteiger partial charge is 0.475 e. The minimum atomic E-state index is -5.08. The number of aliphatic carboxylic acids is 2. The van der Waals surface area contributed by atoms with Gasteiger partial charge < -0.3 is 19.5 Å². The molecule has 2 aliphatic rings. The molecule has 2 aliphatic heterocycles. The molecule has 2 saturated heterocycles. The van der Waals surface area contributed by atoms with Crippen molar-refractivity contribution in [2.45, 2.75) is 18.9 Å². The molecule has 0 bridgehead atoms. The van der Waals surface area contributed by atoms with Gasteiger partial charge in [0.05, 0.1) is 12.0 Å². The van der Waals surface area contributed by atoms with Crippen molar-refractivity contribution in [2.75, 3.05) is 26.2 Å². The monoisotopic (exact) mass is 525 g/mol. The highest BCUT2D eigenvalue weighted by atomic mass is 19.4. The fraction of sp³-hybridized carbons (Fsp3) is 0.429. The van der Waals surface area contributed by atoms with Crippen LogP contribution in [0.2, 0.25) is 0 Å². The standard InChI is InChI=1S/C17H19N3O2.2C2HF3O2/c21-17(16-5-3-7-22-16)20-10-13-8-19(9-14(13)11-20)12-15-4-1-2-6-18-15;2*3-2(4,5)1(6)7/h1-7,13-14H,8-12H2;2*(H,6,7)/t13-,14+;;. The predicted molar refractivity (Wildman–Crippen MR) is 108 cm³/mol. The Morgan fingerprint density at radius 2 is 1.42 bits per heavy atom. The average molecular weight is 525 g/mol. The Hall–Kier alpha value is -3.62. The summed E-state index contributed by atoms with van der Waals surface area (Å²) >= 11 is 0. The van der Waals surface area contributed by atoms with Crippen LogP contribution in [0.1, 0.15) is 16.2 Å². The van der Waals surface area contributed by atoms with E-state index in [1.807, 2.05) is 23.2 Å². The van der Waals surface area contributed by atoms with Crippen LogP contribution in [0.4, 0.5) is 26.3 Å². The number of aromatic nitrogens is 1. The molecule has 0 spiro atoms. The molecule has 1 amide bonds. The maximum atomic E-state index is 12.3. The van der Waals surface area contributed by atoms with E-state index < -0.39 is 24.3 Å². The first-order chi connectivity index (χ1) is 16.7. The number of carbonyl (C=O) groups is 3. The predicted octanol–water partition coefficient (Wildman–Crippen LogP) is 3.15. The van der Waals surface area contributed by atoms with Crippen molar-refractivity contribution >= 4 is 17.8 Å². The van der Waals surface area contributed by atoms with E-state index in [0.717, 1.165) is 38.4 Å². The highest BCUT2D eigenvalue weighted by molar-refractivity contribution is 5.91. The molecule has 4 rings (SSSR count). The van der Waals surface area contributed by atoms with Gasteiger partial charge in [-0.15, -0.1) is 0 Å². The molecule has 2 fully saturated rings. The molecule has 2 atom stereocenters. The number of hydrogen-bond acceptors (Lipinski definition) is 6. The molecule has 15 heteroatoms. The lowest BCUT2D eigenvalue weighted by molar-refractivity contribution is -0.193. The molecule has 0 aromatic carbocycles. The molecule has 36 heavy (non-hydrogen) atoms. The molecule has 0 unspecified atom stereocenters. The van der Waals surface area contributed by atoms with Crippen LogP contribution in [0.3, 0.4) is 0 Å². The minimum Gasteiger partial charge on any atom is -0.475 e. The summed E-state index contributed by atoms with van der Waals surface area (Å²) in [7, 11) is 0. The first kappa shape index (κ1) is 28.6. The third-order valence-corrected chi connectivity index (χ3v) is 5.18. The number of rotatable bonds is 3. The SMILES string of the molecule is O=C(O)C(F)(F)F.O=C(O)C(F)(F)F.O=C(c1ccco1)N1C[C@H]2CN(Cc3ccccn3)C[C@H]2C1. The summed E-state index contributed by atoms with van der Waals surface area (Å²) in [6.45, 7) is 4.66. The lowest BCUT2D eigenvalue weighted by Gasteiger charge is -2.20. The number of carboxylic acid groups (broad SMARTS) is 2. The van der Waals surface area contributed by atoms with Gasteiger partial charge in [0.2, 0.25) is 0 Å². The number of halogens is 6. The highest BCUT2D eigenvalue weighted by Gasteiger charge is 2.42. The van der Waals surface area contributed by atoms with E-state index in [4.69, 9.17) is 24.2 Å². The molecular weight excluding hydrogens is 504 g/mol. The van der Waals surface area contributed by atoms with Crippen LogP contribution in [0.15, 0.2) is 47.2 Å². The second kappa shape index (κ2) is 11.9. The largest absolute Gasteiger partial charge is 0.490 e. The Kier molecular flexibility index (Phi) is 9.44. The van der Waals surface area contributed by atoms with Gasteiger partial charge in [-0.1, -0.05) is 6.07 Å². The van der Waals surface area contributed by atoms with Gasteiger partial charge in [-0.25, -0.2) is 9.59 Å². The topological polar surface area (TPSA) is 124 Å². The van der Waals surface area contributed by atoms with Crippen LogP contribution in [-0.4, -0.2) is 81.4 Å². The Morgan fingerprint density at radius 1 is 0.889 bits per heavy atom. The third-order valence-electron chi connectivity index (χ3n) is 5.18. The number of hydrogen-bond donors (Lipinski definition) is 2. The zero-order valence-corrected chi connectivity index (χ0v) is 18.4. The van der Waals surface area contributed by atoms with E-state index in [1.54, 1.807) is 18.4 Å². The number of likely N-dealkylation sites (tertiary alicyclic amines) is 2. The maximum absolute atomic E-state index is 12.3. The summed E-state index contributed by atoms with van der Waals surface area (Å²) in [6, 6.07) is 9.55. The molecule has 2 aromatic rings. The maximum Gasteiger partial charge on any atom is 0.490 e. The van der Waals surface area contributed by atoms with E-state index in [1.165, 1.54) is 0 Å².